The van der Waals surface area contributed by atoms with Crippen LogP contribution in [0.25, 0.3) is 0 Å². The molecule has 0 aliphatic carbocycles. The molecular weight excluding hydrogens is 147 g/mol. The van der Waals surface area contributed by atoms with Crippen LogP contribution in [-0.2, 0) is 0 Å². The highest BCUT2D eigenvalue weighted by Gasteiger charge is 1.91. The minimum atomic E-state index is -0.810. The van der Waals surface area contributed by atoms with Crippen molar-refractivity contribution in [1.82, 2.24) is 0 Å². The highest BCUT2D eigenvalue weighted by Crippen LogP contribution is 2.14. The van der Waals surface area contributed by atoms with E-state index in [0.29, 0.717) is 5.75 Å². The molecule has 0 atom stereocenters. The topological polar surface area (TPSA) is 47.3 Å². The third-order valence-corrected chi connectivity index (χ3v) is 1.24. The van der Waals surface area contributed by atoms with E-state index in [2.05, 4.69) is 10.2 Å². The van der Waals surface area contributed by atoms with Gasteiger partial charge < -0.3 is 10.2 Å². The van der Waals surface area contributed by atoms with E-state index in [1.165, 1.54) is 0 Å². The van der Waals surface area contributed by atoms with E-state index in [9.17, 15) is 4.39 Å². The van der Waals surface area contributed by atoms with Crippen molar-refractivity contribution in [1.29, 1.82) is 0 Å². The van der Waals surface area contributed by atoms with Gasteiger partial charge in [0, 0.05) is 5.69 Å². The summed E-state index contributed by atoms with van der Waals surface area (Å²) in [5.74, 6) is 5.60. The van der Waals surface area contributed by atoms with E-state index in [-0.39, 0.29) is 0 Å². The Kier molecular flexibility index (Phi) is 2.68. The number of ether oxygens (including phenoxy) is 1. The summed E-state index contributed by atoms with van der Waals surface area (Å²) >= 11 is 0. The Morgan fingerprint density at radius 2 is 2.00 bits per heavy atom. The van der Waals surface area contributed by atoms with Gasteiger partial charge >= 0.3 is 0 Å². The van der Waals surface area contributed by atoms with Crippen molar-refractivity contribution in [3.63, 3.8) is 0 Å². The van der Waals surface area contributed by atoms with E-state index in [0.717, 1.165) is 5.69 Å². The van der Waals surface area contributed by atoms with Crippen molar-refractivity contribution >= 4 is 5.69 Å². The predicted octanol–water partition coefficient (Wildman–Crippen LogP) is 1.28. The molecule has 3 nitrogen and oxygen atoms in total. The van der Waals surface area contributed by atoms with Gasteiger partial charge in [0.15, 0.2) is 0 Å². The SMILES string of the molecule is NNc1ccc(OCF)cc1. The summed E-state index contributed by atoms with van der Waals surface area (Å²) in [5, 5.41) is 0. The van der Waals surface area contributed by atoms with Crippen LogP contribution < -0.4 is 16.0 Å². The molecule has 0 spiro atoms. The van der Waals surface area contributed by atoms with Gasteiger partial charge in [0.05, 0.1) is 0 Å². The monoisotopic (exact) mass is 156 g/mol. The average molecular weight is 156 g/mol. The quantitative estimate of drug-likeness (QED) is 0.512. The fourth-order valence-electron chi connectivity index (χ4n) is 0.710. The maximum Gasteiger partial charge on any atom is 0.228 e. The maximum absolute atomic E-state index is 11.6. The first-order valence-electron chi connectivity index (χ1n) is 3.12. The van der Waals surface area contributed by atoms with Crippen molar-refractivity contribution in [3.8, 4) is 5.75 Å². The molecule has 0 fully saturated rings. The van der Waals surface area contributed by atoms with Crippen molar-refractivity contribution in [2.75, 3.05) is 12.3 Å². The third kappa shape index (κ3) is 2.09. The van der Waals surface area contributed by atoms with Gasteiger partial charge in [0.1, 0.15) is 5.75 Å². The van der Waals surface area contributed by atoms with Crippen LogP contribution >= 0.6 is 0 Å². The highest BCUT2D eigenvalue weighted by atomic mass is 19.1. The lowest BCUT2D eigenvalue weighted by Crippen LogP contribution is -2.06. The van der Waals surface area contributed by atoms with Gasteiger partial charge in [0.25, 0.3) is 0 Å². The summed E-state index contributed by atoms with van der Waals surface area (Å²) in [6.07, 6.45) is 0. The molecule has 0 radical (unpaired) electrons. The van der Waals surface area contributed by atoms with Crippen LogP contribution in [-0.4, -0.2) is 6.86 Å². The summed E-state index contributed by atoms with van der Waals surface area (Å²) in [6.45, 7) is -0.810. The summed E-state index contributed by atoms with van der Waals surface area (Å²) < 4.78 is 16.2. The number of anilines is 1. The van der Waals surface area contributed by atoms with E-state index >= 15 is 0 Å². The second kappa shape index (κ2) is 3.78. The van der Waals surface area contributed by atoms with Gasteiger partial charge in [-0.25, -0.2) is 4.39 Å². The zero-order valence-electron chi connectivity index (χ0n) is 5.88. The first-order chi connectivity index (χ1) is 5.36. The van der Waals surface area contributed by atoms with Crippen LogP contribution in [0.3, 0.4) is 0 Å². The Hall–Kier alpha value is -1.29. The fourth-order valence-corrected chi connectivity index (χ4v) is 0.710. The van der Waals surface area contributed by atoms with Gasteiger partial charge in [-0.05, 0) is 24.3 Å². The fraction of sp³-hybridized carbons (Fsp3) is 0.143. The van der Waals surface area contributed by atoms with Crippen LogP contribution in [0.15, 0.2) is 24.3 Å². The Morgan fingerprint density at radius 1 is 1.36 bits per heavy atom. The van der Waals surface area contributed by atoms with Crippen molar-refractivity contribution in [3.05, 3.63) is 24.3 Å². The molecule has 0 aliphatic heterocycles. The minimum absolute atomic E-state index is 0.492. The van der Waals surface area contributed by atoms with E-state index in [1.54, 1.807) is 24.3 Å². The van der Waals surface area contributed by atoms with E-state index < -0.39 is 6.86 Å². The Labute approximate surface area is 63.9 Å². The molecule has 0 amide bonds. The van der Waals surface area contributed by atoms with Crippen LogP contribution in [0.5, 0.6) is 5.75 Å². The summed E-state index contributed by atoms with van der Waals surface area (Å²) in [7, 11) is 0. The van der Waals surface area contributed by atoms with Crippen molar-refractivity contribution in [2.24, 2.45) is 5.84 Å². The molecule has 1 rings (SSSR count). The van der Waals surface area contributed by atoms with Crippen molar-refractivity contribution in [2.45, 2.75) is 0 Å². The molecule has 11 heavy (non-hydrogen) atoms. The first-order valence-corrected chi connectivity index (χ1v) is 3.12. The Morgan fingerprint density at radius 3 is 2.45 bits per heavy atom. The summed E-state index contributed by atoms with van der Waals surface area (Å²) in [4.78, 5) is 0. The van der Waals surface area contributed by atoms with Gasteiger partial charge in [-0.2, -0.15) is 0 Å². The molecule has 60 valence electrons. The molecule has 0 heterocycles. The first kappa shape index (κ1) is 7.81. The minimum Gasteiger partial charge on any atom is -0.463 e. The van der Waals surface area contributed by atoms with Gasteiger partial charge in [-0.15, -0.1) is 0 Å². The molecule has 0 saturated carbocycles. The van der Waals surface area contributed by atoms with Gasteiger partial charge in [0.2, 0.25) is 6.86 Å². The lowest BCUT2D eigenvalue weighted by Gasteiger charge is -2.01. The van der Waals surface area contributed by atoms with Crippen LogP contribution in [0.1, 0.15) is 0 Å². The Bertz CT molecular complexity index is 212. The zero-order chi connectivity index (χ0) is 8.10. The number of alkyl halides is 1. The van der Waals surface area contributed by atoms with Crippen LogP contribution in [0.2, 0.25) is 0 Å². The average Bonchev–Trinajstić information content (AvgIpc) is 2.07. The number of nitrogen functional groups attached to an aromatic ring is 1. The Balaban J connectivity index is 2.66. The van der Waals surface area contributed by atoms with Crippen molar-refractivity contribution < 1.29 is 9.13 Å². The second-order valence-electron chi connectivity index (χ2n) is 1.92. The summed E-state index contributed by atoms with van der Waals surface area (Å²) in [5.41, 5.74) is 3.21. The number of rotatable bonds is 3. The number of hydrogen-bond donors (Lipinski definition) is 2. The lowest BCUT2D eigenvalue weighted by atomic mass is 10.3. The zero-order valence-corrected chi connectivity index (χ0v) is 5.88. The predicted molar refractivity (Wildman–Crippen MR) is 40.9 cm³/mol. The number of halogens is 1. The molecule has 0 aliphatic rings. The van der Waals surface area contributed by atoms with E-state index in [1.807, 2.05) is 0 Å². The second-order valence-corrected chi connectivity index (χ2v) is 1.92. The molecule has 4 heteroatoms. The largest absolute Gasteiger partial charge is 0.463 e. The molecule has 1 aromatic carbocycles. The molecule has 0 aromatic heterocycles. The lowest BCUT2D eigenvalue weighted by molar-refractivity contribution is 0.192. The molecular formula is C7H9FN2O. The number of hydrazine groups is 1. The standard InChI is InChI=1S/C7H9FN2O/c8-5-11-7-3-1-6(10-9)2-4-7/h1-4,10H,5,9H2. The van der Waals surface area contributed by atoms with E-state index in [4.69, 9.17) is 5.84 Å². The highest BCUT2D eigenvalue weighted by molar-refractivity contribution is 5.44. The van der Waals surface area contributed by atoms with Gasteiger partial charge in [-0.1, -0.05) is 0 Å². The number of nitrogens with two attached hydrogens (primary N) is 1. The van der Waals surface area contributed by atoms with Gasteiger partial charge in [-0.3, -0.25) is 5.84 Å². The van der Waals surface area contributed by atoms with Crippen LogP contribution in [0.4, 0.5) is 10.1 Å². The number of hydrogen-bond acceptors (Lipinski definition) is 3. The number of benzene rings is 1. The third-order valence-electron chi connectivity index (χ3n) is 1.24. The smallest absolute Gasteiger partial charge is 0.228 e. The number of nitrogens with one attached hydrogen (secondary N) is 1. The molecule has 0 unspecified atom stereocenters. The molecule has 1 aromatic rings. The molecule has 0 bridgehead atoms. The van der Waals surface area contributed by atoms with Crippen LogP contribution in [0, 0.1) is 0 Å². The normalized spacial score (nSPS) is 9.27. The molecule has 0 saturated heterocycles. The summed E-state index contributed by atoms with van der Waals surface area (Å²) in [6, 6.07) is 6.67. The maximum atomic E-state index is 11.6. The molecule has 3 N–H and O–H groups in total.